The number of alkyl halides is 3. The number of aromatic nitrogens is 1. The standard InChI is InChI=1S/C16H23F3N4OS/c1-15(2)12(9-5-4-6-24-13(9)15)23-14(20-3)21-7-11-22-10(8-25-11)16(17,18)19/h8-9,12-13H,4-7H2,1-3H3,(H2,20,21,23). The fourth-order valence-corrected chi connectivity index (χ4v) is 4.58. The van der Waals surface area contributed by atoms with Crippen LogP contribution < -0.4 is 10.6 Å². The van der Waals surface area contributed by atoms with Crippen molar-refractivity contribution < 1.29 is 17.9 Å². The molecule has 1 saturated heterocycles. The second kappa shape index (κ2) is 6.75. The molecule has 1 aliphatic heterocycles. The smallest absolute Gasteiger partial charge is 0.377 e. The van der Waals surface area contributed by atoms with E-state index in [1.54, 1.807) is 7.05 Å². The summed E-state index contributed by atoms with van der Waals surface area (Å²) < 4.78 is 43.7. The van der Waals surface area contributed by atoms with Crippen LogP contribution in [0.5, 0.6) is 0 Å². The van der Waals surface area contributed by atoms with Gasteiger partial charge in [0.25, 0.3) is 0 Å². The number of guanidine groups is 1. The summed E-state index contributed by atoms with van der Waals surface area (Å²) in [6, 6.07) is 0.228. The van der Waals surface area contributed by atoms with Gasteiger partial charge in [-0.15, -0.1) is 11.3 Å². The Bertz CT molecular complexity index is 644. The third-order valence-electron chi connectivity index (χ3n) is 5.10. The van der Waals surface area contributed by atoms with E-state index in [9.17, 15) is 13.2 Å². The van der Waals surface area contributed by atoms with Crippen molar-refractivity contribution in [1.29, 1.82) is 0 Å². The van der Waals surface area contributed by atoms with E-state index in [0.29, 0.717) is 16.9 Å². The molecule has 1 aliphatic carbocycles. The largest absolute Gasteiger partial charge is 0.434 e. The lowest BCUT2D eigenvalue weighted by molar-refractivity contribution is -0.188. The summed E-state index contributed by atoms with van der Waals surface area (Å²) >= 11 is 0.989. The van der Waals surface area contributed by atoms with E-state index in [0.717, 1.165) is 36.2 Å². The molecule has 0 aromatic carbocycles. The molecule has 3 atom stereocenters. The van der Waals surface area contributed by atoms with E-state index in [4.69, 9.17) is 4.74 Å². The Morgan fingerprint density at radius 2 is 2.24 bits per heavy atom. The highest BCUT2D eigenvalue weighted by molar-refractivity contribution is 7.09. The van der Waals surface area contributed by atoms with E-state index in [2.05, 4.69) is 34.5 Å². The van der Waals surface area contributed by atoms with Crippen molar-refractivity contribution in [3.63, 3.8) is 0 Å². The quantitative estimate of drug-likeness (QED) is 0.629. The van der Waals surface area contributed by atoms with Crippen LogP contribution in [0.15, 0.2) is 10.4 Å². The summed E-state index contributed by atoms with van der Waals surface area (Å²) in [5.41, 5.74) is -0.854. The van der Waals surface area contributed by atoms with E-state index in [-0.39, 0.29) is 24.1 Å². The van der Waals surface area contributed by atoms with Crippen LogP contribution in [0.1, 0.15) is 37.4 Å². The number of nitrogens with zero attached hydrogens (tertiary/aromatic N) is 2. The Kier molecular flexibility index (Phi) is 4.98. The number of thiazole rings is 1. The summed E-state index contributed by atoms with van der Waals surface area (Å²) in [4.78, 5) is 7.82. The average Bonchev–Trinajstić information content (AvgIpc) is 3.04. The predicted octanol–water partition coefficient (Wildman–Crippen LogP) is 3.03. The lowest BCUT2D eigenvalue weighted by atomic mass is 9.55. The third kappa shape index (κ3) is 3.62. The lowest BCUT2D eigenvalue weighted by Crippen LogP contribution is -2.70. The van der Waals surface area contributed by atoms with Crippen LogP contribution in [0, 0.1) is 11.3 Å². The Morgan fingerprint density at radius 1 is 1.48 bits per heavy atom. The van der Waals surface area contributed by atoms with Gasteiger partial charge in [0.05, 0.1) is 12.6 Å². The van der Waals surface area contributed by atoms with Gasteiger partial charge in [0.1, 0.15) is 5.01 Å². The number of nitrogens with one attached hydrogen (secondary N) is 2. The predicted molar refractivity (Wildman–Crippen MR) is 90.5 cm³/mol. The van der Waals surface area contributed by atoms with Crippen LogP contribution in [0.3, 0.4) is 0 Å². The summed E-state index contributed by atoms with van der Waals surface area (Å²) in [5, 5.41) is 7.89. The first kappa shape index (κ1) is 18.4. The van der Waals surface area contributed by atoms with Crippen LogP contribution >= 0.6 is 11.3 Å². The van der Waals surface area contributed by atoms with Gasteiger partial charge >= 0.3 is 6.18 Å². The van der Waals surface area contributed by atoms with Crippen molar-refractivity contribution in [2.75, 3.05) is 13.7 Å². The second-order valence-corrected chi connectivity index (χ2v) is 8.03. The fourth-order valence-electron chi connectivity index (χ4n) is 3.84. The Morgan fingerprint density at radius 3 is 2.88 bits per heavy atom. The topological polar surface area (TPSA) is 58.5 Å². The van der Waals surface area contributed by atoms with Crippen molar-refractivity contribution in [2.24, 2.45) is 16.3 Å². The number of rotatable bonds is 3. The van der Waals surface area contributed by atoms with Gasteiger partial charge in [-0.3, -0.25) is 4.99 Å². The Balaban J connectivity index is 1.58. The SMILES string of the molecule is CN=C(NCc1nc(C(F)(F)F)cs1)NC1C2CCCOC2C1(C)C. The fraction of sp³-hybridized carbons (Fsp3) is 0.750. The van der Waals surface area contributed by atoms with Crippen LogP contribution in [-0.2, 0) is 17.5 Å². The van der Waals surface area contributed by atoms with E-state index in [1.807, 2.05) is 0 Å². The van der Waals surface area contributed by atoms with Gasteiger partial charge in [0.15, 0.2) is 11.7 Å². The normalized spacial score (nSPS) is 28.9. The van der Waals surface area contributed by atoms with Crippen molar-refractivity contribution in [1.82, 2.24) is 15.6 Å². The van der Waals surface area contributed by atoms with Crippen molar-refractivity contribution >= 4 is 17.3 Å². The Hall–Kier alpha value is -1.35. The molecule has 0 bridgehead atoms. The second-order valence-electron chi connectivity index (χ2n) is 7.09. The number of ether oxygens (including phenoxy) is 1. The van der Waals surface area contributed by atoms with Gasteiger partial charge in [0, 0.05) is 36.4 Å². The molecule has 140 valence electrons. The molecule has 2 N–H and O–H groups in total. The van der Waals surface area contributed by atoms with E-state index in [1.165, 1.54) is 0 Å². The van der Waals surface area contributed by atoms with E-state index >= 15 is 0 Å². The highest BCUT2D eigenvalue weighted by atomic mass is 32.1. The summed E-state index contributed by atoms with van der Waals surface area (Å²) in [6.07, 6.45) is -1.98. The van der Waals surface area contributed by atoms with Crippen LogP contribution in [0.2, 0.25) is 0 Å². The number of hydrogen-bond donors (Lipinski definition) is 2. The van der Waals surface area contributed by atoms with Crippen LogP contribution in [0.25, 0.3) is 0 Å². The third-order valence-corrected chi connectivity index (χ3v) is 5.94. The maximum Gasteiger partial charge on any atom is 0.434 e. The molecule has 0 amide bonds. The van der Waals surface area contributed by atoms with Gasteiger partial charge < -0.3 is 15.4 Å². The minimum atomic E-state index is -4.40. The van der Waals surface area contributed by atoms with Crippen LogP contribution in [-0.4, -0.2) is 36.7 Å². The zero-order valence-corrected chi connectivity index (χ0v) is 15.3. The van der Waals surface area contributed by atoms with Gasteiger partial charge in [-0.25, -0.2) is 4.98 Å². The molecule has 1 saturated carbocycles. The summed E-state index contributed by atoms with van der Waals surface area (Å²) in [7, 11) is 1.65. The molecule has 3 unspecified atom stereocenters. The average molecular weight is 376 g/mol. The maximum absolute atomic E-state index is 12.6. The van der Waals surface area contributed by atoms with Crippen molar-refractivity contribution in [3.05, 3.63) is 16.1 Å². The zero-order valence-electron chi connectivity index (χ0n) is 14.5. The van der Waals surface area contributed by atoms with Crippen LogP contribution in [0.4, 0.5) is 13.2 Å². The first-order valence-corrected chi connectivity index (χ1v) is 9.22. The van der Waals surface area contributed by atoms with Gasteiger partial charge in [-0.1, -0.05) is 13.8 Å². The van der Waals surface area contributed by atoms with Gasteiger partial charge in [-0.2, -0.15) is 13.2 Å². The molecule has 1 aromatic rings. The molecule has 9 heteroatoms. The highest BCUT2D eigenvalue weighted by Crippen LogP contribution is 2.51. The lowest BCUT2D eigenvalue weighted by Gasteiger charge is -2.60. The first-order chi connectivity index (χ1) is 11.7. The maximum atomic E-state index is 12.6. The monoisotopic (exact) mass is 376 g/mol. The molecular weight excluding hydrogens is 353 g/mol. The number of aliphatic imine (C=N–C) groups is 1. The first-order valence-electron chi connectivity index (χ1n) is 8.34. The Labute approximate surface area is 149 Å². The molecule has 25 heavy (non-hydrogen) atoms. The van der Waals surface area contributed by atoms with Crippen molar-refractivity contribution in [2.45, 2.75) is 51.6 Å². The number of hydrogen-bond acceptors (Lipinski definition) is 4. The molecule has 3 rings (SSSR count). The van der Waals surface area contributed by atoms with E-state index < -0.39 is 11.9 Å². The molecule has 0 spiro atoms. The number of halogens is 3. The molecule has 0 radical (unpaired) electrons. The molecule has 1 aromatic heterocycles. The minimum absolute atomic E-state index is 0.00660. The molecule has 5 nitrogen and oxygen atoms in total. The minimum Gasteiger partial charge on any atom is -0.377 e. The van der Waals surface area contributed by atoms with Gasteiger partial charge in [-0.05, 0) is 12.8 Å². The summed E-state index contributed by atoms with van der Waals surface area (Å²) in [5.74, 6) is 1.02. The zero-order chi connectivity index (χ0) is 18.2. The molecule has 2 aliphatic rings. The molecule has 2 heterocycles. The molecular formula is C16H23F3N4OS. The highest BCUT2D eigenvalue weighted by Gasteiger charge is 2.58. The molecule has 2 fully saturated rings. The van der Waals surface area contributed by atoms with Gasteiger partial charge in [0.2, 0.25) is 0 Å². The van der Waals surface area contributed by atoms with Crippen molar-refractivity contribution in [3.8, 4) is 0 Å². The summed E-state index contributed by atoms with van der Waals surface area (Å²) in [6.45, 7) is 5.36. The number of fused-ring (bicyclic) bond motifs is 1.